The monoisotopic (exact) mass is 423 g/mol. The second kappa shape index (κ2) is 7.87. The number of nitrogen functional groups attached to an aromatic ring is 1. The first-order valence-corrected chi connectivity index (χ1v) is 12.0. The molecule has 1 aromatic carbocycles. The minimum atomic E-state index is 0.875. The molecule has 1 aliphatic rings. The van der Waals surface area contributed by atoms with Gasteiger partial charge in [-0.15, -0.1) is 22.7 Å². The van der Waals surface area contributed by atoms with Crippen molar-refractivity contribution in [1.29, 1.82) is 0 Å². The van der Waals surface area contributed by atoms with E-state index in [4.69, 9.17) is 10.7 Å². The van der Waals surface area contributed by atoms with Gasteiger partial charge in [-0.2, -0.15) is 0 Å². The third kappa shape index (κ3) is 3.46. The highest BCUT2D eigenvalue weighted by atomic mass is 32.2. The average Bonchev–Trinajstić information content (AvgIpc) is 3.38. The predicted molar refractivity (Wildman–Crippen MR) is 124 cm³/mol. The van der Waals surface area contributed by atoms with Gasteiger partial charge in [0.1, 0.15) is 9.04 Å². The standard InChI is InChI=1S/C22H21N3S3/c23-20-19-16(15-8-3-1-4-9-15)14-17(18-10-7-13-26-18)24-21(19)27-22(20)28-25-11-5-2-6-12-25/h1,3-4,7-10,13-14H,2,5-6,11-12,23H2. The van der Waals surface area contributed by atoms with Crippen LogP contribution in [0.25, 0.3) is 31.9 Å². The van der Waals surface area contributed by atoms with Crippen LogP contribution in [0.4, 0.5) is 5.69 Å². The normalized spacial score (nSPS) is 15.3. The van der Waals surface area contributed by atoms with Gasteiger partial charge in [0, 0.05) is 18.5 Å². The number of thiophene rings is 2. The summed E-state index contributed by atoms with van der Waals surface area (Å²) in [6.45, 7) is 2.27. The molecule has 1 saturated heterocycles. The first kappa shape index (κ1) is 18.2. The molecule has 0 atom stereocenters. The van der Waals surface area contributed by atoms with Crippen molar-refractivity contribution >= 4 is 50.5 Å². The van der Waals surface area contributed by atoms with Crippen LogP contribution in [0, 0.1) is 0 Å². The van der Waals surface area contributed by atoms with E-state index in [2.05, 4.69) is 58.2 Å². The Labute approximate surface area is 177 Å². The summed E-state index contributed by atoms with van der Waals surface area (Å²) in [5.41, 5.74) is 10.9. The van der Waals surface area contributed by atoms with Crippen LogP contribution in [0.5, 0.6) is 0 Å². The lowest BCUT2D eigenvalue weighted by atomic mass is 10.0. The molecule has 142 valence electrons. The fourth-order valence-corrected chi connectivity index (χ4v) is 6.76. The van der Waals surface area contributed by atoms with Gasteiger partial charge in [-0.25, -0.2) is 9.29 Å². The molecule has 5 rings (SSSR count). The Bertz CT molecular complexity index is 1080. The van der Waals surface area contributed by atoms with Gasteiger partial charge in [-0.1, -0.05) is 42.8 Å². The number of hydrogen-bond donors (Lipinski definition) is 1. The molecule has 3 aromatic heterocycles. The van der Waals surface area contributed by atoms with E-state index in [0.29, 0.717) is 0 Å². The Hall–Kier alpha value is -1.86. The number of rotatable bonds is 4. The third-order valence-electron chi connectivity index (χ3n) is 5.05. The number of hydrogen-bond acceptors (Lipinski definition) is 6. The highest BCUT2D eigenvalue weighted by Crippen LogP contribution is 2.46. The Morgan fingerprint density at radius 2 is 1.82 bits per heavy atom. The second-order valence-corrected chi connectivity index (χ2v) is 10.3. The molecule has 1 fully saturated rings. The maximum Gasteiger partial charge on any atom is 0.127 e. The van der Waals surface area contributed by atoms with Crippen molar-refractivity contribution in [2.24, 2.45) is 0 Å². The fourth-order valence-electron chi connectivity index (χ4n) is 3.64. The maximum absolute atomic E-state index is 6.69. The van der Waals surface area contributed by atoms with Crippen molar-refractivity contribution in [1.82, 2.24) is 9.29 Å². The van der Waals surface area contributed by atoms with E-state index in [9.17, 15) is 0 Å². The smallest absolute Gasteiger partial charge is 0.127 e. The van der Waals surface area contributed by atoms with Gasteiger partial charge in [0.15, 0.2) is 0 Å². The number of fused-ring (bicyclic) bond motifs is 1. The van der Waals surface area contributed by atoms with E-state index in [1.165, 1.54) is 39.5 Å². The summed E-state index contributed by atoms with van der Waals surface area (Å²) in [4.78, 5) is 7.22. The highest BCUT2D eigenvalue weighted by molar-refractivity contribution is 7.99. The molecule has 0 amide bonds. The number of nitrogens with zero attached hydrogens (tertiary/aromatic N) is 2. The first-order valence-electron chi connectivity index (χ1n) is 9.55. The van der Waals surface area contributed by atoms with Crippen LogP contribution < -0.4 is 5.73 Å². The second-order valence-electron chi connectivity index (χ2n) is 6.96. The highest BCUT2D eigenvalue weighted by Gasteiger charge is 2.21. The van der Waals surface area contributed by atoms with E-state index >= 15 is 0 Å². The largest absolute Gasteiger partial charge is 0.397 e. The Balaban J connectivity index is 1.66. The number of benzene rings is 1. The minimum absolute atomic E-state index is 0.875. The van der Waals surface area contributed by atoms with Crippen LogP contribution in [0.15, 0.2) is 58.1 Å². The maximum atomic E-state index is 6.69. The van der Waals surface area contributed by atoms with Crippen LogP contribution >= 0.6 is 34.6 Å². The zero-order chi connectivity index (χ0) is 18.9. The van der Waals surface area contributed by atoms with Crippen molar-refractivity contribution in [3.8, 4) is 21.7 Å². The van der Waals surface area contributed by atoms with Crippen LogP contribution in [0.3, 0.4) is 0 Å². The number of pyridine rings is 1. The molecule has 0 unspecified atom stereocenters. The fraction of sp³-hybridized carbons (Fsp3) is 0.227. The van der Waals surface area contributed by atoms with E-state index in [1.807, 2.05) is 11.9 Å². The van der Waals surface area contributed by atoms with Crippen molar-refractivity contribution in [2.75, 3.05) is 18.8 Å². The molecule has 4 aromatic rings. The van der Waals surface area contributed by atoms with Gasteiger partial charge in [0.05, 0.1) is 16.3 Å². The van der Waals surface area contributed by atoms with Gasteiger partial charge < -0.3 is 5.73 Å². The molecule has 0 aliphatic carbocycles. The number of piperidine rings is 1. The Morgan fingerprint density at radius 1 is 1.00 bits per heavy atom. The van der Waals surface area contributed by atoms with Crippen molar-refractivity contribution in [2.45, 2.75) is 23.5 Å². The summed E-state index contributed by atoms with van der Waals surface area (Å²) in [6, 6.07) is 16.9. The molecular formula is C22H21N3S3. The van der Waals surface area contributed by atoms with Crippen molar-refractivity contribution < 1.29 is 0 Å². The first-order chi connectivity index (χ1) is 13.8. The summed E-state index contributed by atoms with van der Waals surface area (Å²) in [5.74, 6) is 0. The molecule has 0 spiro atoms. The summed E-state index contributed by atoms with van der Waals surface area (Å²) in [5, 5.41) is 3.19. The molecule has 0 saturated carbocycles. The number of nitrogens with two attached hydrogens (primary N) is 1. The molecule has 0 radical (unpaired) electrons. The molecule has 1 aliphatic heterocycles. The molecule has 4 heterocycles. The summed E-state index contributed by atoms with van der Waals surface area (Å²) < 4.78 is 3.62. The van der Waals surface area contributed by atoms with Crippen molar-refractivity contribution in [3.05, 3.63) is 53.9 Å². The van der Waals surface area contributed by atoms with Crippen molar-refractivity contribution in [3.63, 3.8) is 0 Å². The topological polar surface area (TPSA) is 42.1 Å². The predicted octanol–water partition coefficient (Wildman–Crippen LogP) is 6.77. The lowest BCUT2D eigenvalue weighted by molar-refractivity contribution is 0.381. The van der Waals surface area contributed by atoms with Crippen LogP contribution in [-0.4, -0.2) is 22.4 Å². The average molecular weight is 424 g/mol. The lowest BCUT2D eigenvalue weighted by Crippen LogP contribution is -2.22. The van der Waals surface area contributed by atoms with Crippen LogP contribution in [-0.2, 0) is 0 Å². The molecule has 3 nitrogen and oxygen atoms in total. The number of anilines is 1. The molecule has 28 heavy (non-hydrogen) atoms. The minimum Gasteiger partial charge on any atom is -0.397 e. The van der Waals surface area contributed by atoms with E-state index in [1.54, 1.807) is 22.7 Å². The van der Waals surface area contributed by atoms with Gasteiger partial charge in [-0.05, 0) is 53.4 Å². The van der Waals surface area contributed by atoms with Gasteiger partial charge in [0.25, 0.3) is 0 Å². The molecule has 6 heteroatoms. The van der Waals surface area contributed by atoms with Gasteiger partial charge in [-0.3, -0.25) is 0 Å². The summed E-state index contributed by atoms with van der Waals surface area (Å²) in [7, 11) is 0. The lowest BCUT2D eigenvalue weighted by Gasteiger charge is -2.24. The summed E-state index contributed by atoms with van der Waals surface area (Å²) >= 11 is 5.27. The molecular weight excluding hydrogens is 402 g/mol. The zero-order valence-corrected chi connectivity index (χ0v) is 17.9. The third-order valence-corrected chi connectivity index (χ3v) is 8.32. The van der Waals surface area contributed by atoms with E-state index in [0.717, 1.165) is 34.7 Å². The van der Waals surface area contributed by atoms with Crippen LogP contribution in [0.1, 0.15) is 19.3 Å². The SMILES string of the molecule is Nc1c(SN2CCCCC2)sc2nc(-c3cccs3)cc(-c3ccccc3)c12. The molecule has 0 bridgehead atoms. The Morgan fingerprint density at radius 3 is 2.57 bits per heavy atom. The van der Waals surface area contributed by atoms with E-state index in [-0.39, 0.29) is 0 Å². The summed E-state index contributed by atoms with van der Waals surface area (Å²) in [6.07, 6.45) is 3.88. The van der Waals surface area contributed by atoms with E-state index < -0.39 is 0 Å². The Kier molecular flexibility index (Phi) is 5.11. The number of aromatic nitrogens is 1. The van der Waals surface area contributed by atoms with Crippen LogP contribution in [0.2, 0.25) is 0 Å². The quantitative estimate of drug-likeness (QED) is 0.368. The van der Waals surface area contributed by atoms with Gasteiger partial charge in [0.2, 0.25) is 0 Å². The zero-order valence-electron chi connectivity index (χ0n) is 15.4. The van der Waals surface area contributed by atoms with Gasteiger partial charge >= 0.3 is 0 Å². The molecule has 2 N–H and O–H groups in total.